The second-order valence-electron chi connectivity index (χ2n) is 1.58. The summed E-state index contributed by atoms with van der Waals surface area (Å²) in [5, 5.41) is 2.58. The van der Waals surface area contributed by atoms with Crippen LogP contribution in [0.2, 0.25) is 0 Å². The number of nitrogens with one attached hydrogen (secondary N) is 1. The van der Waals surface area contributed by atoms with E-state index in [-0.39, 0.29) is 5.91 Å². The second kappa shape index (κ2) is 5.31. The van der Waals surface area contributed by atoms with Crippen molar-refractivity contribution < 1.29 is 4.79 Å². The van der Waals surface area contributed by atoms with E-state index in [9.17, 15) is 4.79 Å². The third-order valence-corrected chi connectivity index (χ3v) is 0.762. The standard InChI is InChI=1S/C6H12N2O/c1-2-3-6(9)8-5-4-7/h2-3H,4-5,7H2,1H3,(H,8,9)/b3-2-. The van der Waals surface area contributed by atoms with E-state index in [1.165, 1.54) is 6.08 Å². The Morgan fingerprint density at radius 3 is 2.89 bits per heavy atom. The molecule has 0 unspecified atom stereocenters. The van der Waals surface area contributed by atoms with Gasteiger partial charge < -0.3 is 11.1 Å². The van der Waals surface area contributed by atoms with Crippen molar-refractivity contribution in [2.75, 3.05) is 13.1 Å². The van der Waals surface area contributed by atoms with Crippen molar-refractivity contribution in [1.29, 1.82) is 0 Å². The van der Waals surface area contributed by atoms with Crippen molar-refractivity contribution in [2.24, 2.45) is 5.73 Å². The minimum absolute atomic E-state index is 0.0806. The molecule has 0 aliphatic rings. The van der Waals surface area contributed by atoms with E-state index >= 15 is 0 Å². The van der Waals surface area contributed by atoms with Crippen LogP contribution in [0.5, 0.6) is 0 Å². The van der Waals surface area contributed by atoms with Crippen molar-refractivity contribution in [2.45, 2.75) is 6.92 Å². The molecule has 0 spiro atoms. The Hall–Kier alpha value is -0.830. The molecule has 0 aliphatic heterocycles. The monoisotopic (exact) mass is 128 g/mol. The van der Waals surface area contributed by atoms with Crippen molar-refractivity contribution >= 4 is 5.91 Å². The van der Waals surface area contributed by atoms with Gasteiger partial charge in [-0.25, -0.2) is 0 Å². The molecule has 0 aliphatic carbocycles. The van der Waals surface area contributed by atoms with Gasteiger partial charge in [-0.15, -0.1) is 0 Å². The fourth-order valence-corrected chi connectivity index (χ4v) is 0.406. The highest BCUT2D eigenvalue weighted by Gasteiger charge is 1.88. The summed E-state index contributed by atoms with van der Waals surface area (Å²) in [6.07, 6.45) is 3.15. The van der Waals surface area contributed by atoms with Gasteiger partial charge in [0.05, 0.1) is 0 Å². The Bertz CT molecular complexity index is 110. The van der Waals surface area contributed by atoms with E-state index in [2.05, 4.69) is 5.32 Å². The average molecular weight is 128 g/mol. The lowest BCUT2D eigenvalue weighted by Gasteiger charge is -1.95. The Kier molecular flexibility index (Phi) is 4.82. The first-order valence-corrected chi connectivity index (χ1v) is 2.92. The lowest BCUT2D eigenvalue weighted by Crippen LogP contribution is -2.27. The van der Waals surface area contributed by atoms with Crippen LogP contribution in [0.25, 0.3) is 0 Å². The summed E-state index contributed by atoms with van der Waals surface area (Å²) < 4.78 is 0. The summed E-state index contributed by atoms with van der Waals surface area (Å²) in [4.78, 5) is 10.5. The smallest absolute Gasteiger partial charge is 0.243 e. The molecule has 0 saturated heterocycles. The predicted octanol–water partition coefficient (Wildman–Crippen LogP) is -0.363. The van der Waals surface area contributed by atoms with Crippen LogP contribution in [0.3, 0.4) is 0 Å². The number of amides is 1. The number of allylic oxidation sites excluding steroid dienone is 1. The van der Waals surface area contributed by atoms with Crippen LogP contribution in [-0.4, -0.2) is 19.0 Å². The highest BCUT2D eigenvalue weighted by atomic mass is 16.1. The molecule has 0 radical (unpaired) electrons. The van der Waals surface area contributed by atoms with Crippen LogP contribution in [0.1, 0.15) is 6.92 Å². The van der Waals surface area contributed by atoms with Gasteiger partial charge in [0.25, 0.3) is 0 Å². The number of hydrogen-bond acceptors (Lipinski definition) is 2. The highest BCUT2D eigenvalue weighted by Crippen LogP contribution is 1.68. The maximum atomic E-state index is 10.5. The Morgan fingerprint density at radius 2 is 2.44 bits per heavy atom. The van der Waals surface area contributed by atoms with Crippen molar-refractivity contribution in [3.63, 3.8) is 0 Å². The third kappa shape index (κ3) is 5.03. The van der Waals surface area contributed by atoms with Crippen LogP contribution in [-0.2, 0) is 4.79 Å². The molecule has 0 aromatic rings. The molecule has 0 atom stereocenters. The molecular weight excluding hydrogens is 116 g/mol. The van der Waals surface area contributed by atoms with E-state index in [4.69, 9.17) is 5.73 Å². The molecule has 0 heterocycles. The fourth-order valence-electron chi connectivity index (χ4n) is 0.406. The van der Waals surface area contributed by atoms with Crippen LogP contribution in [0.4, 0.5) is 0 Å². The predicted molar refractivity (Wildman–Crippen MR) is 36.9 cm³/mol. The van der Waals surface area contributed by atoms with Crippen LogP contribution in [0, 0.1) is 0 Å². The van der Waals surface area contributed by atoms with Gasteiger partial charge in [0.2, 0.25) is 5.91 Å². The maximum absolute atomic E-state index is 10.5. The quantitative estimate of drug-likeness (QED) is 0.510. The van der Waals surface area contributed by atoms with E-state index in [0.717, 1.165) is 0 Å². The van der Waals surface area contributed by atoms with Crippen LogP contribution >= 0.6 is 0 Å². The summed E-state index contributed by atoms with van der Waals surface area (Å²) in [6.45, 7) is 2.83. The van der Waals surface area contributed by atoms with E-state index in [0.29, 0.717) is 13.1 Å². The molecular formula is C6H12N2O. The Balaban J connectivity index is 3.27. The van der Waals surface area contributed by atoms with Crippen molar-refractivity contribution in [1.82, 2.24) is 5.32 Å². The van der Waals surface area contributed by atoms with Gasteiger partial charge in [-0.3, -0.25) is 4.79 Å². The molecule has 3 nitrogen and oxygen atoms in total. The topological polar surface area (TPSA) is 55.1 Å². The first kappa shape index (κ1) is 8.17. The summed E-state index contributed by atoms with van der Waals surface area (Å²) in [5.41, 5.74) is 5.13. The molecule has 52 valence electrons. The molecule has 3 heteroatoms. The lowest BCUT2D eigenvalue weighted by molar-refractivity contribution is -0.116. The number of nitrogens with two attached hydrogens (primary N) is 1. The number of hydrogen-bond donors (Lipinski definition) is 2. The minimum Gasteiger partial charge on any atom is -0.351 e. The zero-order valence-corrected chi connectivity index (χ0v) is 5.55. The summed E-state index contributed by atoms with van der Waals surface area (Å²) in [5.74, 6) is -0.0806. The molecule has 0 rings (SSSR count). The molecule has 1 amide bonds. The maximum Gasteiger partial charge on any atom is 0.243 e. The van der Waals surface area contributed by atoms with Gasteiger partial charge in [-0.05, 0) is 13.0 Å². The minimum atomic E-state index is -0.0806. The second-order valence-corrected chi connectivity index (χ2v) is 1.58. The fraction of sp³-hybridized carbons (Fsp3) is 0.500. The number of carbonyl (C=O) groups is 1. The van der Waals surface area contributed by atoms with E-state index < -0.39 is 0 Å². The van der Waals surface area contributed by atoms with E-state index in [1.807, 2.05) is 0 Å². The molecule has 3 N–H and O–H groups in total. The summed E-state index contributed by atoms with van der Waals surface area (Å²) in [7, 11) is 0. The largest absolute Gasteiger partial charge is 0.351 e. The zero-order chi connectivity index (χ0) is 7.11. The van der Waals surface area contributed by atoms with Gasteiger partial charge in [0, 0.05) is 13.1 Å². The molecule has 0 fully saturated rings. The third-order valence-electron chi connectivity index (χ3n) is 0.762. The first-order valence-electron chi connectivity index (χ1n) is 2.92. The lowest BCUT2D eigenvalue weighted by atomic mass is 10.5. The van der Waals surface area contributed by atoms with Gasteiger partial charge in [-0.2, -0.15) is 0 Å². The van der Waals surface area contributed by atoms with Gasteiger partial charge >= 0.3 is 0 Å². The molecule has 9 heavy (non-hydrogen) atoms. The summed E-state index contributed by atoms with van der Waals surface area (Å²) in [6, 6.07) is 0. The number of carbonyl (C=O) groups excluding carboxylic acids is 1. The molecule has 0 bridgehead atoms. The highest BCUT2D eigenvalue weighted by molar-refractivity contribution is 5.87. The van der Waals surface area contributed by atoms with Crippen molar-refractivity contribution in [3.8, 4) is 0 Å². The normalized spacial score (nSPS) is 10.0. The van der Waals surface area contributed by atoms with E-state index in [1.54, 1.807) is 13.0 Å². The van der Waals surface area contributed by atoms with Gasteiger partial charge in [0.15, 0.2) is 0 Å². The molecule has 0 aromatic heterocycles. The number of rotatable bonds is 3. The molecule has 0 saturated carbocycles. The van der Waals surface area contributed by atoms with Gasteiger partial charge in [0.1, 0.15) is 0 Å². The van der Waals surface area contributed by atoms with Crippen LogP contribution in [0.15, 0.2) is 12.2 Å². The average Bonchev–Trinajstić information content (AvgIpc) is 1.85. The summed E-state index contributed by atoms with van der Waals surface area (Å²) >= 11 is 0. The Labute approximate surface area is 54.9 Å². The van der Waals surface area contributed by atoms with Crippen LogP contribution < -0.4 is 11.1 Å². The molecule has 0 aromatic carbocycles. The zero-order valence-electron chi connectivity index (χ0n) is 5.55. The Morgan fingerprint density at radius 1 is 1.78 bits per heavy atom. The SMILES string of the molecule is C/C=C\C(=O)NCCN. The van der Waals surface area contributed by atoms with Gasteiger partial charge in [-0.1, -0.05) is 6.08 Å². The first-order chi connectivity index (χ1) is 4.31. The van der Waals surface area contributed by atoms with Crippen molar-refractivity contribution in [3.05, 3.63) is 12.2 Å².